The van der Waals surface area contributed by atoms with Gasteiger partial charge in [-0.2, -0.15) is 0 Å². The quantitative estimate of drug-likeness (QED) is 0.910. The Balaban J connectivity index is 2.61. The molecule has 1 aliphatic rings. The fourth-order valence-electron chi connectivity index (χ4n) is 2.91. The third-order valence-corrected chi connectivity index (χ3v) is 3.87. The van der Waals surface area contributed by atoms with Crippen molar-refractivity contribution < 1.29 is 23.4 Å². The van der Waals surface area contributed by atoms with E-state index in [0.29, 0.717) is 18.4 Å². The molecule has 1 aliphatic carbocycles. The minimum Gasteiger partial charge on any atom is -0.496 e. The van der Waals surface area contributed by atoms with Gasteiger partial charge in [0.05, 0.1) is 18.1 Å². The molecular weight excluding hydrogens is 254 g/mol. The maximum Gasteiger partial charge on any atom is 0.314 e. The molecular formula is C14H16F2O3. The molecule has 0 spiro atoms. The highest BCUT2D eigenvalue weighted by Gasteiger charge is 2.45. The molecule has 0 unspecified atom stereocenters. The Bertz CT molecular complexity index is 480. The van der Waals surface area contributed by atoms with Crippen molar-refractivity contribution in [2.45, 2.75) is 37.5 Å². The molecule has 19 heavy (non-hydrogen) atoms. The lowest BCUT2D eigenvalue weighted by atomic mass is 9.77. The van der Waals surface area contributed by atoms with E-state index in [9.17, 15) is 18.7 Å². The lowest BCUT2D eigenvalue weighted by molar-refractivity contribution is -0.143. The standard InChI is InChI=1S/C14H16F2O3/c1-19-11-9(12(15)16)5-4-6-10(11)14(13(17)18)7-2-3-8-14/h4-6,12H,2-3,7-8H2,1H3,(H,17,18). The summed E-state index contributed by atoms with van der Waals surface area (Å²) in [6.07, 6.45) is -0.179. The van der Waals surface area contributed by atoms with Crippen LogP contribution < -0.4 is 4.74 Å². The van der Waals surface area contributed by atoms with Crippen molar-refractivity contribution in [3.8, 4) is 5.75 Å². The molecule has 104 valence electrons. The molecule has 0 bridgehead atoms. The van der Waals surface area contributed by atoms with E-state index in [1.165, 1.54) is 19.2 Å². The van der Waals surface area contributed by atoms with E-state index in [1.807, 2.05) is 0 Å². The fraction of sp³-hybridized carbons (Fsp3) is 0.500. The Morgan fingerprint density at radius 2 is 2.00 bits per heavy atom. The number of hydrogen-bond acceptors (Lipinski definition) is 2. The van der Waals surface area contributed by atoms with Crippen molar-refractivity contribution in [2.75, 3.05) is 7.11 Å². The molecule has 5 heteroatoms. The van der Waals surface area contributed by atoms with Gasteiger partial charge in [-0.25, -0.2) is 8.78 Å². The first-order valence-electron chi connectivity index (χ1n) is 6.22. The smallest absolute Gasteiger partial charge is 0.314 e. The molecule has 1 saturated carbocycles. The summed E-state index contributed by atoms with van der Waals surface area (Å²) < 4.78 is 31.0. The van der Waals surface area contributed by atoms with Crippen LogP contribution >= 0.6 is 0 Å². The Morgan fingerprint density at radius 3 is 2.47 bits per heavy atom. The molecule has 0 heterocycles. The first kappa shape index (κ1) is 13.8. The van der Waals surface area contributed by atoms with Crippen molar-refractivity contribution in [1.29, 1.82) is 0 Å². The van der Waals surface area contributed by atoms with Gasteiger partial charge in [0.15, 0.2) is 0 Å². The van der Waals surface area contributed by atoms with Crippen LogP contribution in [-0.2, 0) is 10.2 Å². The molecule has 3 nitrogen and oxygen atoms in total. The molecule has 0 amide bonds. The maximum atomic E-state index is 13.0. The van der Waals surface area contributed by atoms with E-state index in [1.54, 1.807) is 6.07 Å². The summed E-state index contributed by atoms with van der Waals surface area (Å²) in [5.41, 5.74) is -0.957. The van der Waals surface area contributed by atoms with Crippen molar-refractivity contribution in [2.24, 2.45) is 0 Å². The highest BCUT2D eigenvalue weighted by molar-refractivity contribution is 5.83. The summed E-state index contributed by atoms with van der Waals surface area (Å²) in [6.45, 7) is 0. The van der Waals surface area contributed by atoms with Crippen molar-refractivity contribution in [3.63, 3.8) is 0 Å². The minimum absolute atomic E-state index is 0.0156. The van der Waals surface area contributed by atoms with Gasteiger partial charge in [0.25, 0.3) is 6.43 Å². The van der Waals surface area contributed by atoms with E-state index in [4.69, 9.17) is 4.74 Å². The number of rotatable bonds is 4. The number of benzene rings is 1. The van der Waals surface area contributed by atoms with Crippen molar-refractivity contribution in [3.05, 3.63) is 29.3 Å². The van der Waals surface area contributed by atoms with Gasteiger partial charge in [0, 0.05) is 5.56 Å². The number of hydrogen-bond donors (Lipinski definition) is 1. The predicted octanol–water partition coefficient (Wildman–Crippen LogP) is 3.53. The van der Waals surface area contributed by atoms with Crippen LogP contribution in [0.15, 0.2) is 18.2 Å². The zero-order valence-electron chi connectivity index (χ0n) is 10.7. The van der Waals surface area contributed by atoms with Crippen LogP contribution in [0.2, 0.25) is 0 Å². The van der Waals surface area contributed by atoms with Gasteiger partial charge in [-0.15, -0.1) is 0 Å². The molecule has 1 aromatic carbocycles. The van der Waals surface area contributed by atoms with Gasteiger partial charge in [-0.05, 0) is 18.9 Å². The molecule has 0 radical (unpaired) electrons. The summed E-state index contributed by atoms with van der Waals surface area (Å²) in [5, 5.41) is 9.52. The number of carboxylic acids is 1. The molecule has 1 aromatic rings. The minimum atomic E-state index is -2.68. The highest BCUT2D eigenvalue weighted by Crippen LogP contribution is 2.47. The van der Waals surface area contributed by atoms with E-state index in [2.05, 4.69) is 0 Å². The number of alkyl halides is 2. The Hall–Kier alpha value is -1.65. The summed E-state index contributed by atoms with van der Waals surface area (Å²) in [6, 6.07) is 4.34. The van der Waals surface area contributed by atoms with Gasteiger partial charge < -0.3 is 9.84 Å². The second-order valence-electron chi connectivity index (χ2n) is 4.82. The van der Waals surface area contributed by atoms with Gasteiger partial charge >= 0.3 is 5.97 Å². The van der Waals surface area contributed by atoms with Gasteiger partial charge in [-0.1, -0.05) is 25.0 Å². The van der Waals surface area contributed by atoms with E-state index in [0.717, 1.165) is 12.8 Å². The number of aliphatic carboxylic acids is 1. The molecule has 0 atom stereocenters. The monoisotopic (exact) mass is 270 g/mol. The highest BCUT2D eigenvalue weighted by atomic mass is 19.3. The first-order valence-corrected chi connectivity index (χ1v) is 6.22. The first-order chi connectivity index (χ1) is 9.03. The summed E-state index contributed by atoms with van der Waals surface area (Å²) in [7, 11) is 1.30. The van der Waals surface area contributed by atoms with Crippen LogP contribution in [0, 0.1) is 0 Å². The maximum absolute atomic E-state index is 13.0. The Labute approximate surface area is 110 Å². The van der Waals surface area contributed by atoms with Crippen LogP contribution in [0.5, 0.6) is 5.75 Å². The van der Waals surface area contributed by atoms with Gasteiger partial charge in [-0.3, -0.25) is 4.79 Å². The lowest BCUT2D eigenvalue weighted by Gasteiger charge is -2.27. The number of ether oxygens (including phenoxy) is 1. The van der Waals surface area contributed by atoms with Crippen LogP contribution in [0.3, 0.4) is 0 Å². The predicted molar refractivity (Wildman–Crippen MR) is 65.7 cm³/mol. The van der Waals surface area contributed by atoms with Gasteiger partial charge in [0.2, 0.25) is 0 Å². The number of para-hydroxylation sites is 1. The van der Waals surface area contributed by atoms with Crippen LogP contribution in [-0.4, -0.2) is 18.2 Å². The van der Waals surface area contributed by atoms with Crippen molar-refractivity contribution >= 4 is 5.97 Å². The summed E-state index contributed by atoms with van der Waals surface area (Å²) in [4.78, 5) is 11.6. The zero-order valence-corrected chi connectivity index (χ0v) is 10.7. The number of halogens is 2. The van der Waals surface area contributed by atoms with Gasteiger partial charge in [0.1, 0.15) is 5.75 Å². The second-order valence-corrected chi connectivity index (χ2v) is 4.82. The average Bonchev–Trinajstić information content (AvgIpc) is 2.88. The Kier molecular flexibility index (Phi) is 3.73. The van der Waals surface area contributed by atoms with Crippen LogP contribution in [0.4, 0.5) is 8.78 Å². The van der Waals surface area contributed by atoms with E-state index >= 15 is 0 Å². The number of methoxy groups -OCH3 is 1. The van der Waals surface area contributed by atoms with E-state index < -0.39 is 17.8 Å². The number of carboxylic acid groups (broad SMARTS) is 1. The molecule has 0 aliphatic heterocycles. The zero-order chi connectivity index (χ0) is 14.0. The third kappa shape index (κ3) is 2.17. The Morgan fingerprint density at radius 1 is 1.37 bits per heavy atom. The molecule has 1 fully saturated rings. The average molecular weight is 270 g/mol. The fourth-order valence-corrected chi connectivity index (χ4v) is 2.91. The van der Waals surface area contributed by atoms with E-state index in [-0.39, 0.29) is 11.3 Å². The number of carbonyl (C=O) groups is 1. The molecule has 0 saturated heterocycles. The largest absolute Gasteiger partial charge is 0.496 e. The second kappa shape index (κ2) is 5.15. The molecule has 2 rings (SSSR count). The third-order valence-electron chi connectivity index (χ3n) is 3.87. The SMILES string of the molecule is COc1c(C(F)F)cccc1C1(C(=O)O)CCCC1. The van der Waals surface area contributed by atoms with Crippen LogP contribution in [0.1, 0.15) is 43.2 Å². The molecule has 1 N–H and O–H groups in total. The lowest BCUT2D eigenvalue weighted by Crippen LogP contribution is -2.33. The molecule has 0 aromatic heterocycles. The summed E-state index contributed by atoms with van der Waals surface area (Å²) >= 11 is 0. The normalized spacial score (nSPS) is 17.7. The summed E-state index contributed by atoms with van der Waals surface area (Å²) in [5.74, 6) is -0.948. The van der Waals surface area contributed by atoms with Crippen LogP contribution in [0.25, 0.3) is 0 Å². The van der Waals surface area contributed by atoms with Crippen molar-refractivity contribution in [1.82, 2.24) is 0 Å². The topological polar surface area (TPSA) is 46.5 Å².